The SMILES string of the molecule is CC(=O)C(OP(=O)(O)O)C(=O)O. The highest BCUT2D eigenvalue weighted by atomic mass is 31.2. The van der Waals surface area contributed by atoms with Crippen LogP contribution in [0.15, 0.2) is 0 Å². The first kappa shape index (κ1) is 11.2. The number of aliphatic carboxylic acids is 1. The van der Waals surface area contributed by atoms with E-state index in [1.165, 1.54) is 0 Å². The molecule has 1 atom stereocenters. The number of carbonyl (C=O) groups is 2. The summed E-state index contributed by atoms with van der Waals surface area (Å²) in [6.45, 7) is 0.856. The van der Waals surface area contributed by atoms with Crippen molar-refractivity contribution in [1.82, 2.24) is 0 Å². The molecule has 0 aliphatic heterocycles. The second-order valence-electron chi connectivity index (χ2n) is 1.92. The van der Waals surface area contributed by atoms with Crippen LogP contribution in [0.3, 0.4) is 0 Å². The van der Waals surface area contributed by atoms with E-state index in [4.69, 9.17) is 14.9 Å². The summed E-state index contributed by atoms with van der Waals surface area (Å²) in [5.74, 6) is -2.71. The smallest absolute Gasteiger partial charge is 0.470 e. The van der Waals surface area contributed by atoms with Crippen LogP contribution in [0.4, 0.5) is 0 Å². The molecule has 0 amide bonds. The Labute approximate surface area is 67.2 Å². The summed E-state index contributed by atoms with van der Waals surface area (Å²) in [4.78, 5) is 36.9. The minimum Gasteiger partial charge on any atom is -0.479 e. The first-order valence-electron chi connectivity index (χ1n) is 2.71. The van der Waals surface area contributed by atoms with E-state index < -0.39 is 25.7 Å². The second-order valence-corrected chi connectivity index (χ2v) is 3.12. The van der Waals surface area contributed by atoms with Crippen molar-refractivity contribution in [3.8, 4) is 0 Å². The molecule has 0 heterocycles. The van der Waals surface area contributed by atoms with Crippen LogP contribution in [0.25, 0.3) is 0 Å². The van der Waals surface area contributed by atoms with Gasteiger partial charge in [0.15, 0.2) is 5.78 Å². The van der Waals surface area contributed by atoms with Crippen molar-refractivity contribution in [1.29, 1.82) is 0 Å². The Kier molecular flexibility index (Phi) is 3.54. The normalized spacial score (nSPS) is 13.9. The number of phosphoric ester groups is 1. The average molecular weight is 198 g/mol. The van der Waals surface area contributed by atoms with Crippen LogP contribution in [0.2, 0.25) is 0 Å². The second kappa shape index (κ2) is 3.77. The van der Waals surface area contributed by atoms with Crippen molar-refractivity contribution in [3.63, 3.8) is 0 Å². The van der Waals surface area contributed by atoms with Gasteiger partial charge in [-0.3, -0.25) is 9.32 Å². The number of rotatable bonds is 4. The van der Waals surface area contributed by atoms with Crippen LogP contribution in [-0.4, -0.2) is 32.7 Å². The van der Waals surface area contributed by atoms with Crippen molar-refractivity contribution in [2.45, 2.75) is 13.0 Å². The molecule has 0 fully saturated rings. The van der Waals surface area contributed by atoms with Crippen LogP contribution in [-0.2, 0) is 18.7 Å². The van der Waals surface area contributed by atoms with Crippen molar-refractivity contribution in [2.75, 3.05) is 0 Å². The highest BCUT2D eigenvalue weighted by Crippen LogP contribution is 2.37. The van der Waals surface area contributed by atoms with E-state index in [0.717, 1.165) is 6.92 Å². The van der Waals surface area contributed by atoms with Gasteiger partial charge in [0.05, 0.1) is 0 Å². The molecule has 1 unspecified atom stereocenters. The number of carboxylic acid groups (broad SMARTS) is 1. The van der Waals surface area contributed by atoms with Gasteiger partial charge in [-0.2, -0.15) is 0 Å². The Hall–Kier alpha value is -0.750. The zero-order valence-electron chi connectivity index (χ0n) is 6.00. The first-order chi connectivity index (χ1) is 5.24. The molecule has 0 aromatic heterocycles. The summed E-state index contributed by atoms with van der Waals surface area (Å²) in [5.41, 5.74) is 0. The lowest BCUT2D eigenvalue weighted by molar-refractivity contribution is -0.150. The standard InChI is InChI=1S/C4H7O7P/c1-2(5)3(4(6)7)11-12(8,9)10/h3H,1H3,(H,6,7)(H2,8,9,10). The summed E-state index contributed by atoms with van der Waals surface area (Å²) >= 11 is 0. The Morgan fingerprint density at radius 2 is 1.83 bits per heavy atom. The fourth-order valence-electron chi connectivity index (χ4n) is 0.431. The lowest BCUT2D eigenvalue weighted by Gasteiger charge is -2.10. The van der Waals surface area contributed by atoms with E-state index in [0.29, 0.717) is 0 Å². The minimum absolute atomic E-state index is 0.856. The maximum absolute atomic E-state index is 10.4. The molecule has 7 nitrogen and oxygen atoms in total. The molecule has 0 aromatic rings. The van der Waals surface area contributed by atoms with Crippen LogP contribution >= 0.6 is 7.82 Å². The Morgan fingerprint density at radius 1 is 1.42 bits per heavy atom. The quantitative estimate of drug-likeness (QED) is 0.396. The molecule has 0 saturated heterocycles. The number of hydrogen-bond acceptors (Lipinski definition) is 4. The van der Waals surface area contributed by atoms with Gasteiger partial charge in [0.25, 0.3) is 0 Å². The van der Waals surface area contributed by atoms with E-state index in [2.05, 4.69) is 4.52 Å². The zero-order valence-corrected chi connectivity index (χ0v) is 6.89. The number of phosphoric acid groups is 1. The minimum atomic E-state index is -4.93. The molecule has 0 radical (unpaired) electrons. The van der Waals surface area contributed by atoms with Gasteiger partial charge in [0.2, 0.25) is 6.10 Å². The van der Waals surface area contributed by atoms with E-state index >= 15 is 0 Å². The summed E-state index contributed by atoms with van der Waals surface area (Å²) < 4.78 is 13.8. The van der Waals surface area contributed by atoms with Crippen molar-refractivity contribution < 1.29 is 33.6 Å². The zero-order chi connectivity index (χ0) is 9.94. The number of hydrogen-bond donors (Lipinski definition) is 3. The molecule has 3 N–H and O–H groups in total. The number of ketones is 1. The van der Waals surface area contributed by atoms with Crippen molar-refractivity contribution >= 4 is 19.6 Å². The fourth-order valence-corrected chi connectivity index (χ4v) is 0.944. The topological polar surface area (TPSA) is 121 Å². The first-order valence-corrected chi connectivity index (χ1v) is 4.24. The van der Waals surface area contributed by atoms with Gasteiger partial charge < -0.3 is 14.9 Å². The van der Waals surface area contributed by atoms with Crippen LogP contribution < -0.4 is 0 Å². The summed E-state index contributed by atoms with van der Waals surface area (Å²) in [6.07, 6.45) is -2.11. The van der Waals surface area contributed by atoms with Gasteiger partial charge in [0.1, 0.15) is 0 Å². The number of carboxylic acids is 1. The summed E-state index contributed by atoms with van der Waals surface area (Å²) in [5, 5.41) is 8.22. The van der Waals surface area contributed by atoms with Crippen LogP contribution in [0, 0.1) is 0 Å². The Morgan fingerprint density at radius 3 is 1.92 bits per heavy atom. The molecule has 0 bridgehead atoms. The van der Waals surface area contributed by atoms with Gasteiger partial charge in [-0.1, -0.05) is 0 Å². The molecule has 8 heteroatoms. The van der Waals surface area contributed by atoms with E-state index in [-0.39, 0.29) is 0 Å². The monoisotopic (exact) mass is 198 g/mol. The molecule has 0 aliphatic carbocycles. The molecule has 0 aromatic carbocycles. The molecule has 70 valence electrons. The molecule has 0 spiro atoms. The molecule has 0 saturated carbocycles. The summed E-state index contributed by atoms with van der Waals surface area (Å²) in [7, 11) is -4.93. The average Bonchev–Trinajstić information content (AvgIpc) is 1.79. The van der Waals surface area contributed by atoms with Gasteiger partial charge in [-0.05, 0) is 6.92 Å². The predicted molar refractivity (Wildman–Crippen MR) is 35.2 cm³/mol. The van der Waals surface area contributed by atoms with Gasteiger partial charge in [-0.15, -0.1) is 0 Å². The highest BCUT2D eigenvalue weighted by Gasteiger charge is 2.31. The fraction of sp³-hybridized carbons (Fsp3) is 0.500. The number of carbonyl (C=O) groups excluding carboxylic acids is 1. The van der Waals surface area contributed by atoms with Gasteiger partial charge in [0, 0.05) is 0 Å². The Bertz CT molecular complexity index is 226. The van der Waals surface area contributed by atoms with Crippen LogP contribution in [0.1, 0.15) is 6.92 Å². The third-order valence-corrected chi connectivity index (χ3v) is 1.32. The molecular formula is C4H7O7P. The Balaban J connectivity index is 4.46. The predicted octanol–water partition coefficient (Wildman–Crippen LogP) is -0.862. The molecule has 12 heavy (non-hydrogen) atoms. The van der Waals surface area contributed by atoms with Crippen LogP contribution in [0.5, 0.6) is 0 Å². The molecular weight excluding hydrogens is 191 g/mol. The number of Topliss-reactive ketones (excluding diaryl/α,β-unsaturated/α-hetero) is 1. The maximum atomic E-state index is 10.4. The van der Waals surface area contributed by atoms with E-state index in [1.807, 2.05) is 0 Å². The third-order valence-electron chi connectivity index (χ3n) is 0.836. The molecule has 0 aliphatic rings. The summed E-state index contributed by atoms with van der Waals surface area (Å²) in [6, 6.07) is 0. The van der Waals surface area contributed by atoms with E-state index in [9.17, 15) is 14.2 Å². The van der Waals surface area contributed by atoms with E-state index in [1.54, 1.807) is 0 Å². The highest BCUT2D eigenvalue weighted by molar-refractivity contribution is 7.46. The maximum Gasteiger partial charge on any atom is 0.470 e. The largest absolute Gasteiger partial charge is 0.479 e. The lowest BCUT2D eigenvalue weighted by Crippen LogP contribution is -2.29. The van der Waals surface area contributed by atoms with Crippen molar-refractivity contribution in [2.24, 2.45) is 0 Å². The van der Waals surface area contributed by atoms with Gasteiger partial charge >= 0.3 is 13.8 Å². The van der Waals surface area contributed by atoms with Gasteiger partial charge in [-0.25, -0.2) is 9.36 Å². The van der Waals surface area contributed by atoms with Crippen molar-refractivity contribution in [3.05, 3.63) is 0 Å². The lowest BCUT2D eigenvalue weighted by atomic mass is 10.3. The molecule has 0 rings (SSSR count). The third kappa shape index (κ3) is 4.20.